The molecule has 12 heavy (non-hydrogen) atoms. The number of carboxylic acid groups (broad SMARTS) is 1. The SMILES string of the molecule is O=C(O)/C=C/c1cc[c]cc1Cl. The van der Waals surface area contributed by atoms with Gasteiger partial charge in [-0.3, -0.25) is 0 Å². The molecule has 0 aliphatic heterocycles. The van der Waals surface area contributed by atoms with E-state index in [1.54, 1.807) is 18.2 Å². The summed E-state index contributed by atoms with van der Waals surface area (Å²) in [6.45, 7) is 0. The first-order chi connectivity index (χ1) is 5.70. The van der Waals surface area contributed by atoms with E-state index >= 15 is 0 Å². The number of carbonyl (C=O) groups is 1. The van der Waals surface area contributed by atoms with Crippen LogP contribution >= 0.6 is 11.6 Å². The van der Waals surface area contributed by atoms with Gasteiger partial charge in [-0.25, -0.2) is 4.79 Å². The van der Waals surface area contributed by atoms with E-state index in [1.165, 1.54) is 6.08 Å². The van der Waals surface area contributed by atoms with Gasteiger partial charge in [0, 0.05) is 11.1 Å². The Bertz CT molecular complexity index is 318. The first-order valence-electron chi connectivity index (χ1n) is 3.27. The number of hydrogen-bond acceptors (Lipinski definition) is 1. The molecule has 1 radical (unpaired) electrons. The van der Waals surface area contributed by atoms with Crippen LogP contribution in [0.25, 0.3) is 6.08 Å². The Kier molecular flexibility index (Phi) is 2.88. The average molecular weight is 182 g/mol. The molecule has 0 aromatic heterocycles. The van der Waals surface area contributed by atoms with E-state index < -0.39 is 5.97 Å². The summed E-state index contributed by atoms with van der Waals surface area (Å²) in [5.41, 5.74) is 0.679. The van der Waals surface area contributed by atoms with Crippen LogP contribution in [0.2, 0.25) is 5.02 Å². The molecule has 1 rings (SSSR count). The Hall–Kier alpha value is -1.28. The first-order valence-corrected chi connectivity index (χ1v) is 3.64. The summed E-state index contributed by atoms with van der Waals surface area (Å²) >= 11 is 5.73. The minimum atomic E-state index is -0.987. The van der Waals surface area contributed by atoms with Crippen molar-refractivity contribution >= 4 is 23.6 Å². The van der Waals surface area contributed by atoms with Gasteiger partial charge in [-0.2, -0.15) is 0 Å². The summed E-state index contributed by atoms with van der Waals surface area (Å²) < 4.78 is 0. The fourth-order valence-corrected chi connectivity index (χ4v) is 0.907. The van der Waals surface area contributed by atoms with Gasteiger partial charge >= 0.3 is 5.97 Å². The molecule has 0 bridgehead atoms. The largest absolute Gasteiger partial charge is 0.478 e. The molecule has 0 heterocycles. The number of aliphatic carboxylic acids is 1. The van der Waals surface area contributed by atoms with E-state index in [-0.39, 0.29) is 0 Å². The second-order valence-electron chi connectivity index (χ2n) is 2.12. The van der Waals surface area contributed by atoms with Crippen LogP contribution in [0.4, 0.5) is 0 Å². The lowest BCUT2D eigenvalue weighted by molar-refractivity contribution is -0.131. The van der Waals surface area contributed by atoms with Crippen LogP contribution in [0, 0.1) is 6.07 Å². The number of carboxylic acids is 1. The summed E-state index contributed by atoms with van der Waals surface area (Å²) in [6.07, 6.45) is 2.49. The van der Waals surface area contributed by atoms with Gasteiger partial charge < -0.3 is 5.11 Å². The van der Waals surface area contributed by atoms with Gasteiger partial charge in [-0.1, -0.05) is 23.7 Å². The number of hydrogen-bond donors (Lipinski definition) is 1. The zero-order valence-corrected chi connectivity index (χ0v) is 6.88. The minimum Gasteiger partial charge on any atom is -0.478 e. The Morgan fingerprint density at radius 3 is 3.00 bits per heavy atom. The third-order valence-corrected chi connectivity index (χ3v) is 1.58. The third-order valence-electron chi connectivity index (χ3n) is 1.25. The van der Waals surface area contributed by atoms with E-state index in [1.807, 2.05) is 0 Å². The van der Waals surface area contributed by atoms with Crippen LogP contribution in [0.1, 0.15) is 5.56 Å². The Balaban J connectivity index is 2.89. The van der Waals surface area contributed by atoms with E-state index in [0.29, 0.717) is 10.6 Å². The molecule has 1 aromatic carbocycles. The first kappa shape index (κ1) is 8.81. The third kappa shape index (κ3) is 2.40. The highest BCUT2D eigenvalue weighted by Gasteiger charge is 1.94. The van der Waals surface area contributed by atoms with Crippen molar-refractivity contribution in [1.29, 1.82) is 0 Å². The van der Waals surface area contributed by atoms with Crippen LogP contribution in [-0.2, 0) is 4.79 Å². The van der Waals surface area contributed by atoms with Crippen molar-refractivity contribution in [3.63, 3.8) is 0 Å². The zero-order valence-electron chi connectivity index (χ0n) is 6.12. The van der Waals surface area contributed by atoms with E-state index in [2.05, 4.69) is 6.07 Å². The van der Waals surface area contributed by atoms with Crippen LogP contribution in [0.5, 0.6) is 0 Å². The van der Waals surface area contributed by atoms with Crippen LogP contribution in [0.15, 0.2) is 24.3 Å². The van der Waals surface area contributed by atoms with Gasteiger partial charge in [0.1, 0.15) is 0 Å². The molecular weight excluding hydrogens is 176 g/mol. The lowest BCUT2D eigenvalue weighted by atomic mass is 10.2. The molecule has 0 unspecified atom stereocenters. The predicted molar refractivity (Wildman–Crippen MR) is 47.0 cm³/mol. The smallest absolute Gasteiger partial charge is 0.328 e. The van der Waals surface area contributed by atoms with Crippen LogP contribution < -0.4 is 0 Å². The van der Waals surface area contributed by atoms with Crippen molar-refractivity contribution in [1.82, 2.24) is 0 Å². The molecule has 0 spiro atoms. The van der Waals surface area contributed by atoms with Gasteiger partial charge in [0.05, 0.1) is 0 Å². The highest BCUT2D eigenvalue weighted by molar-refractivity contribution is 6.32. The lowest BCUT2D eigenvalue weighted by Gasteiger charge is -1.93. The molecular formula is C9H6ClO2. The molecule has 0 saturated heterocycles. The fraction of sp³-hybridized carbons (Fsp3) is 0. The minimum absolute atomic E-state index is 0.495. The summed E-state index contributed by atoms with van der Waals surface area (Å²) in [7, 11) is 0. The van der Waals surface area contributed by atoms with Gasteiger partial charge in [0.15, 0.2) is 0 Å². The van der Waals surface area contributed by atoms with Gasteiger partial charge in [-0.05, 0) is 23.8 Å². The van der Waals surface area contributed by atoms with Crippen molar-refractivity contribution < 1.29 is 9.90 Å². The Morgan fingerprint density at radius 2 is 2.42 bits per heavy atom. The molecule has 1 aromatic rings. The molecule has 0 saturated carbocycles. The number of halogens is 1. The number of benzene rings is 1. The van der Waals surface area contributed by atoms with Gasteiger partial charge in [0.2, 0.25) is 0 Å². The molecule has 0 atom stereocenters. The summed E-state index contributed by atoms with van der Waals surface area (Å²) in [6, 6.07) is 7.73. The quantitative estimate of drug-likeness (QED) is 0.711. The number of rotatable bonds is 2. The molecule has 1 N–H and O–H groups in total. The van der Waals surface area contributed by atoms with E-state index in [4.69, 9.17) is 16.7 Å². The Morgan fingerprint density at radius 1 is 1.67 bits per heavy atom. The van der Waals surface area contributed by atoms with Gasteiger partial charge in [-0.15, -0.1) is 0 Å². The maximum Gasteiger partial charge on any atom is 0.328 e. The van der Waals surface area contributed by atoms with Crippen molar-refractivity contribution in [2.45, 2.75) is 0 Å². The standard InChI is InChI=1S/C9H6ClO2/c10-8-4-2-1-3-7(8)5-6-9(11)12/h1,3-6H,(H,11,12)/b6-5+. The molecule has 61 valence electrons. The van der Waals surface area contributed by atoms with Gasteiger partial charge in [0.25, 0.3) is 0 Å². The lowest BCUT2D eigenvalue weighted by Crippen LogP contribution is -1.85. The molecule has 2 nitrogen and oxygen atoms in total. The van der Waals surface area contributed by atoms with Crippen molar-refractivity contribution in [2.75, 3.05) is 0 Å². The van der Waals surface area contributed by atoms with E-state index in [9.17, 15) is 4.79 Å². The maximum absolute atomic E-state index is 10.1. The second kappa shape index (κ2) is 3.93. The second-order valence-corrected chi connectivity index (χ2v) is 2.53. The Labute approximate surface area is 75.1 Å². The normalized spacial score (nSPS) is 10.4. The topological polar surface area (TPSA) is 37.3 Å². The maximum atomic E-state index is 10.1. The summed E-state index contributed by atoms with van der Waals surface area (Å²) in [5, 5.41) is 8.82. The summed E-state index contributed by atoms with van der Waals surface area (Å²) in [4.78, 5) is 10.1. The molecule has 3 heteroatoms. The fourth-order valence-electron chi connectivity index (χ4n) is 0.718. The van der Waals surface area contributed by atoms with Crippen LogP contribution in [-0.4, -0.2) is 11.1 Å². The molecule has 0 aliphatic rings. The molecule has 0 fully saturated rings. The average Bonchev–Trinajstić information content (AvgIpc) is 2.03. The highest BCUT2D eigenvalue weighted by Crippen LogP contribution is 2.15. The predicted octanol–water partition coefficient (Wildman–Crippen LogP) is 2.24. The van der Waals surface area contributed by atoms with Crippen molar-refractivity contribution in [3.05, 3.63) is 40.9 Å². The van der Waals surface area contributed by atoms with Crippen LogP contribution in [0.3, 0.4) is 0 Å². The zero-order chi connectivity index (χ0) is 8.97. The summed E-state index contributed by atoms with van der Waals surface area (Å²) in [5.74, 6) is -0.987. The highest BCUT2D eigenvalue weighted by atomic mass is 35.5. The molecule has 0 amide bonds. The van der Waals surface area contributed by atoms with Crippen molar-refractivity contribution in [3.8, 4) is 0 Å². The van der Waals surface area contributed by atoms with E-state index in [0.717, 1.165) is 6.08 Å². The monoisotopic (exact) mass is 181 g/mol. The van der Waals surface area contributed by atoms with Crippen molar-refractivity contribution in [2.24, 2.45) is 0 Å². The molecule has 0 aliphatic carbocycles.